The van der Waals surface area contributed by atoms with Crippen LogP contribution in [-0.2, 0) is 10.0 Å². The number of rotatable bonds is 6. The second kappa shape index (κ2) is 5.97. The zero-order chi connectivity index (χ0) is 17.8. The Morgan fingerprint density at radius 3 is 2.52 bits per heavy atom. The number of nitrogens with one attached hydrogen (secondary N) is 1. The summed E-state index contributed by atoms with van der Waals surface area (Å²) in [5.41, 5.74) is 0.560. The molecule has 7 heteroatoms. The monoisotopic (exact) mass is 367 g/mol. The maximum absolute atomic E-state index is 14.4. The van der Waals surface area contributed by atoms with Gasteiger partial charge in [0.25, 0.3) is 5.91 Å². The minimum atomic E-state index is -3.74. The van der Waals surface area contributed by atoms with Crippen molar-refractivity contribution in [3.8, 4) is 5.75 Å². The molecule has 1 N–H and O–H groups in total. The molecule has 25 heavy (non-hydrogen) atoms. The van der Waals surface area contributed by atoms with E-state index >= 15 is 0 Å². The number of carbonyl (C=O) groups excluding carboxylic acids is 1. The molecular formula is C18H22FNO4S. The quantitative estimate of drug-likeness (QED) is 0.839. The highest BCUT2D eigenvalue weighted by atomic mass is 32.2. The number of benzene rings is 1. The minimum Gasteiger partial charge on any atom is -0.493 e. The largest absolute Gasteiger partial charge is 0.493 e. The summed E-state index contributed by atoms with van der Waals surface area (Å²) in [5, 5.41) is 0. The maximum atomic E-state index is 14.4. The SMILES string of the molecule is CS(=O)(=O)NC(=O)c1cc(C2CC2)c(OCC2CC3CC3C2)cc1F. The van der Waals surface area contributed by atoms with Crippen molar-refractivity contribution in [2.75, 3.05) is 12.9 Å². The molecule has 136 valence electrons. The molecule has 2 atom stereocenters. The molecule has 3 fully saturated rings. The third kappa shape index (κ3) is 3.81. The average molecular weight is 367 g/mol. The van der Waals surface area contributed by atoms with Crippen LogP contribution in [0.1, 0.15) is 53.9 Å². The molecule has 3 aliphatic carbocycles. The molecule has 0 spiro atoms. The van der Waals surface area contributed by atoms with Gasteiger partial charge in [-0.15, -0.1) is 0 Å². The van der Waals surface area contributed by atoms with Crippen LogP contribution in [-0.4, -0.2) is 27.2 Å². The fourth-order valence-corrected chi connectivity index (χ4v) is 4.44. The van der Waals surface area contributed by atoms with Crippen molar-refractivity contribution in [2.24, 2.45) is 17.8 Å². The van der Waals surface area contributed by atoms with Crippen LogP contribution in [0.15, 0.2) is 12.1 Å². The molecule has 0 heterocycles. The van der Waals surface area contributed by atoms with Crippen LogP contribution in [0.25, 0.3) is 0 Å². The van der Waals surface area contributed by atoms with Crippen LogP contribution in [0.2, 0.25) is 0 Å². The Hall–Kier alpha value is -1.63. The van der Waals surface area contributed by atoms with Crippen LogP contribution >= 0.6 is 0 Å². The lowest BCUT2D eigenvalue weighted by molar-refractivity contribution is 0.0977. The van der Waals surface area contributed by atoms with Gasteiger partial charge in [-0.25, -0.2) is 17.5 Å². The lowest BCUT2D eigenvalue weighted by atomic mass is 10.0. The first-order valence-corrected chi connectivity index (χ1v) is 10.7. The van der Waals surface area contributed by atoms with Gasteiger partial charge in [0.2, 0.25) is 10.0 Å². The lowest BCUT2D eigenvalue weighted by Crippen LogP contribution is -2.30. The fourth-order valence-electron chi connectivity index (χ4n) is 3.99. The molecule has 1 aromatic rings. The molecule has 3 saturated carbocycles. The van der Waals surface area contributed by atoms with Gasteiger partial charge < -0.3 is 4.74 Å². The van der Waals surface area contributed by atoms with Crippen LogP contribution in [0.4, 0.5) is 4.39 Å². The van der Waals surface area contributed by atoms with Crippen LogP contribution in [0.3, 0.4) is 0 Å². The summed E-state index contributed by atoms with van der Waals surface area (Å²) in [6.07, 6.45) is 6.56. The molecule has 0 saturated heterocycles. The number of carbonyl (C=O) groups is 1. The number of fused-ring (bicyclic) bond motifs is 1. The summed E-state index contributed by atoms with van der Waals surface area (Å²) in [7, 11) is -3.74. The van der Waals surface area contributed by atoms with Gasteiger partial charge in [-0.05, 0) is 67.4 Å². The first-order chi connectivity index (χ1) is 11.8. The molecule has 1 amide bonds. The number of ether oxygens (including phenoxy) is 1. The maximum Gasteiger partial charge on any atom is 0.267 e. The van der Waals surface area contributed by atoms with Gasteiger partial charge in [0.1, 0.15) is 11.6 Å². The average Bonchev–Trinajstić information content (AvgIpc) is 3.43. The first-order valence-electron chi connectivity index (χ1n) is 8.78. The van der Waals surface area contributed by atoms with E-state index in [9.17, 15) is 17.6 Å². The molecule has 1 aromatic carbocycles. The Kier molecular flexibility index (Phi) is 4.02. The van der Waals surface area contributed by atoms with Crippen molar-refractivity contribution in [2.45, 2.75) is 38.0 Å². The predicted octanol–water partition coefficient (Wildman–Crippen LogP) is 2.82. The molecule has 5 nitrogen and oxygen atoms in total. The fraction of sp³-hybridized carbons (Fsp3) is 0.611. The zero-order valence-corrected chi connectivity index (χ0v) is 14.9. The molecule has 2 unspecified atom stereocenters. The summed E-state index contributed by atoms with van der Waals surface area (Å²) in [6.45, 7) is 0.584. The van der Waals surface area contributed by atoms with Crippen molar-refractivity contribution in [3.63, 3.8) is 0 Å². The van der Waals surface area contributed by atoms with E-state index in [-0.39, 0.29) is 11.5 Å². The molecule has 0 aromatic heterocycles. The Labute approximate surface area is 147 Å². The second-order valence-corrected chi connectivity index (χ2v) is 9.50. The summed E-state index contributed by atoms with van der Waals surface area (Å²) in [5.74, 6) is 1.34. The van der Waals surface area contributed by atoms with Gasteiger partial charge in [0.05, 0.1) is 18.4 Å². The highest BCUT2D eigenvalue weighted by molar-refractivity contribution is 7.89. The van der Waals surface area contributed by atoms with Gasteiger partial charge in [0.15, 0.2) is 0 Å². The van der Waals surface area contributed by atoms with E-state index in [0.29, 0.717) is 18.3 Å². The number of sulfonamides is 1. The molecule has 0 aliphatic heterocycles. The summed E-state index contributed by atoms with van der Waals surface area (Å²) in [6, 6.07) is 2.69. The van der Waals surface area contributed by atoms with E-state index < -0.39 is 21.7 Å². The normalized spacial score (nSPS) is 27.7. The summed E-state index contributed by atoms with van der Waals surface area (Å²) < 4.78 is 44.6. The molecule has 4 rings (SSSR count). The van der Waals surface area contributed by atoms with Crippen molar-refractivity contribution in [1.29, 1.82) is 0 Å². The Bertz CT molecular complexity index is 809. The molecular weight excluding hydrogens is 345 g/mol. The molecule has 3 aliphatic rings. The van der Waals surface area contributed by atoms with Gasteiger partial charge in [-0.3, -0.25) is 4.79 Å². The van der Waals surface area contributed by atoms with Gasteiger partial charge >= 0.3 is 0 Å². The van der Waals surface area contributed by atoms with E-state index in [2.05, 4.69) is 0 Å². The van der Waals surface area contributed by atoms with Gasteiger partial charge in [0, 0.05) is 6.07 Å². The van der Waals surface area contributed by atoms with Crippen molar-refractivity contribution in [1.82, 2.24) is 4.72 Å². The number of hydrogen-bond donors (Lipinski definition) is 1. The highest BCUT2D eigenvalue weighted by Gasteiger charge is 2.45. The Morgan fingerprint density at radius 2 is 1.92 bits per heavy atom. The van der Waals surface area contributed by atoms with Crippen molar-refractivity contribution >= 4 is 15.9 Å². The van der Waals surface area contributed by atoms with Gasteiger partial charge in [-0.1, -0.05) is 0 Å². The van der Waals surface area contributed by atoms with Crippen molar-refractivity contribution < 1.29 is 22.3 Å². The summed E-state index contributed by atoms with van der Waals surface area (Å²) >= 11 is 0. The van der Waals surface area contributed by atoms with Crippen LogP contribution < -0.4 is 9.46 Å². The minimum absolute atomic E-state index is 0.248. The van der Waals surface area contributed by atoms with E-state index in [4.69, 9.17) is 4.74 Å². The Balaban J connectivity index is 1.52. The zero-order valence-electron chi connectivity index (χ0n) is 14.1. The molecule has 0 bridgehead atoms. The van der Waals surface area contributed by atoms with Crippen molar-refractivity contribution in [3.05, 3.63) is 29.1 Å². The standard InChI is InChI=1S/C18H22FNO4S/c1-25(22,23)20-18(21)15-7-14(11-2-3-11)17(8-16(15)19)24-9-10-4-12-6-13(12)5-10/h7-8,10-13H,2-6,9H2,1H3,(H,20,21). The van der Waals surface area contributed by atoms with E-state index in [1.807, 2.05) is 4.72 Å². The first kappa shape index (κ1) is 16.8. The summed E-state index contributed by atoms with van der Waals surface area (Å²) in [4.78, 5) is 12.0. The van der Waals surface area contributed by atoms with E-state index in [1.54, 1.807) is 0 Å². The van der Waals surface area contributed by atoms with E-state index in [0.717, 1.165) is 36.5 Å². The predicted molar refractivity (Wildman–Crippen MR) is 90.5 cm³/mol. The lowest BCUT2D eigenvalue weighted by Gasteiger charge is -2.17. The smallest absolute Gasteiger partial charge is 0.267 e. The topological polar surface area (TPSA) is 72.5 Å². The Morgan fingerprint density at radius 1 is 1.24 bits per heavy atom. The molecule has 0 radical (unpaired) electrons. The third-order valence-corrected chi connectivity index (χ3v) is 6.01. The number of amides is 1. The van der Waals surface area contributed by atoms with Crippen LogP contribution in [0, 0.1) is 23.6 Å². The second-order valence-electron chi connectivity index (χ2n) is 7.75. The van der Waals surface area contributed by atoms with Gasteiger partial charge in [-0.2, -0.15) is 0 Å². The number of halogens is 1. The third-order valence-electron chi connectivity index (χ3n) is 5.46. The number of hydrogen-bond acceptors (Lipinski definition) is 4. The van der Waals surface area contributed by atoms with E-state index in [1.165, 1.54) is 31.4 Å². The van der Waals surface area contributed by atoms with Crippen LogP contribution in [0.5, 0.6) is 5.75 Å². The highest BCUT2D eigenvalue weighted by Crippen LogP contribution is 2.54.